The van der Waals surface area contributed by atoms with Crippen LogP contribution >= 0.6 is 0 Å². The Labute approximate surface area is 194 Å². The molecule has 0 radical (unpaired) electrons. The molecule has 3 heteroatoms. The molecule has 32 heavy (non-hydrogen) atoms. The second-order valence-corrected chi connectivity index (χ2v) is 11.9. The van der Waals surface area contributed by atoms with Crippen LogP contribution in [-0.4, -0.2) is 23.1 Å². The highest BCUT2D eigenvalue weighted by Crippen LogP contribution is 2.66. The number of carbonyl (C=O) groups is 2. The summed E-state index contributed by atoms with van der Waals surface area (Å²) in [6, 6.07) is 0. The number of carbonyl (C=O) groups excluding carboxylic acids is 2. The first-order valence-electron chi connectivity index (χ1n) is 13.2. The number of amides is 1. The van der Waals surface area contributed by atoms with Gasteiger partial charge in [0, 0.05) is 24.6 Å². The zero-order valence-corrected chi connectivity index (χ0v) is 20.4. The zero-order valence-electron chi connectivity index (χ0n) is 20.4. The first-order chi connectivity index (χ1) is 15.3. The van der Waals surface area contributed by atoms with Crippen LogP contribution in [0.3, 0.4) is 0 Å². The molecule has 1 amide bonds. The van der Waals surface area contributed by atoms with Crippen LogP contribution in [0.4, 0.5) is 0 Å². The summed E-state index contributed by atoms with van der Waals surface area (Å²) in [6.07, 6.45) is 17.0. The van der Waals surface area contributed by atoms with Gasteiger partial charge in [-0.2, -0.15) is 0 Å². The molecule has 4 aliphatic carbocycles. The summed E-state index contributed by atoms with van der Waals surface area (Å²) < 4.78 is 0. The van der Waals surface area contributed by atoms with E-state index in [2.05, 4.69) is 32.6 Å². The number of likely N-dealkylation sites (tertiary alicyclic amines) is 1. The summed E-state index contributed by atoms with van der Waals surface area (Å²) in [5, 5.41) is 0. The number of fused-ring (bicyclic) bond motifs is 5. The molecule has 3 fully saturated rings. The standard InChI is InChI=1S/C29H41NO2/c1-19(30-17-7-5-6-8-27(30)32)21-13-15-28(3)22(18-21)9-10-23-25-12-11-24(20(2)31)29(25,4)16-14-26(23)28/h9,18,23-26H,1,5-8,10-17H2,2-4H3/t23-,24+,25-,26-,28-,29+/m0/s1. The molecule has 0 N–H and O–H groups in total. The van der Waals surface area contributed by atoms with Gasteiger partial charge >= 0.3 is 0 Å². The highest BCUT2D eigenvalue weighted by molar-refractivity contribution is 5.80. The van der Waals surface area contributed by atoms with Gasteiger partial charge in [-0.15, -0.1) is 0 Å². The Morgan fingerprint density at radius 2 is 1.88 bits per heavy atom. The van der Waals surface area contributed by atoms with E-state index < -0.39 is 0 Å². The molecule has 0 aromatic rings. The Kier molecular flexibility index (Phi) is 5.54. The lowest BCUT2D eigenvalue weighted by molar-refractivity contribution is -0.128. The Morgan fingerprint density at radius 1 is 1.06 bits per heavy atom. The second-order valence-electron chi connectivity index (χ2n) is 11.9. The van der Waals surface area contributed by atoms with Crippen molar-refractivity contribution in [3.05, 3.63) is 35.6 Å². The maximum Gasteiger partial charge on any atom is 0.226 e. The van der Waals surface area contributed by atoms with Gasteiger partial charge in [0.2, 0.25) is 5.91 Å². The number of ketones is 1. The van der Waals surface area contributed by atoms with E-state index in [9.17, 15) is 9.59 Å². The average molecular weight is 436 g/mol. The van der Waals surface area contributed by atoms with Crippen LogP contribution in [0.25, 0.3) is 0 Å². The maximum atomic E-state index is 12.6. The van der Waals surface area contributed by atoms with Crippen LogP contribution < -0.4 is 0 Å². The summed E-state index contributed by atoms with van der Waals surface area (Å²) in [5.41, 5.74) is 4.17. The monoisotopic (exact) mass is 435 g/mol. The highest BCUT2D eigenvalue weighted by Gasteiger charge is 2.59. The number of nitrogens with zero attached hydrogens (tertiary/aromatic N) is 1. The Morgan fingerprint density at radius 3 is 2.66 bits per heavy atom. The van der Waals surface area contributed by atoms with Crippen LogP contribution in [0.2, 0.25) is 0 Å². The molecule has 0 spiro atoms. The third kappa shape index (κ3) is 3.29. The van der Waals surface area contributed by atoms with Crippen molar-refractivity contribution in [2.45, 2.75) is 91.4 Å². The van der Waals surface area contributed by atoms with Crippen LogP contribution in [-0.2, 0) is 9.59 Å². The SMILES string of the molecule is C=C(C1=CC2=CC[C@H]3[C@@H]4CC[C@H](C(C)=O)[C@@]4(C)CC[C@@H]3[C@@]2(C)CC1)N1CCCCCC1=O. The molecule has 1 heterocycles. The van der Waals surface area contributed by atoms with Gasteiger partial charge in [0.15, 0.2) is 0 Å². The maximum absolute atomic E-state index is 12.6. The van der Waals surface area contributed by atoms with Crippen molar-refractivity contribution in [1.82, 2.24) is 4.90 Å². The lowest BCUT2D eigenvalue weighted by atomic mass is 9.47. The topological polar surface area (TPSA) is 37.4 Å². The van der Waals surface area contributed by atoms with Crippen LogP contribution in [0.1, 0.15) is 91.4 Å². The van der Waals surface area contributed by atoms with Gasteiger partial charge in [0.05, 0.1) is 0 Å². The molecule has 0 aromatic heterocycles. The minimum Gasteiger partial charge on any atom is -0.313 e. The number of rotatable bonds is 3. The second kappa shape index (κ2) is 7.99. The summed E-state index contributed by atoms with van der Waals surface area (Å²) in [6.45, 7) is 12.0. The van der Waals surface area contributed by atoms with Crippen molar-refractivity contribution in [2.24, 2.45) is 34.5 Å². The molecule has 0 aromatic carbocycles. The summed E-state index contributed by atoms with van der Waals surface area (Å²) in [4.78, 5) is 27.0. The molecule has 3 nitrogen and oxygen atoms in total. The van der Waals surface area contributed by atoms with Gasteiger partial charge in [0.1, 0.15) is 5.78 Å². The smallest absolute Gasteiger partial charge is 0.226 e. The van der Waals surface area contributed by atoms with E-state index in [1.165, 1.54) is 30.4 Å². The van der Waals surface area contributed by atoms with Gasteiger partial charge in [0.25, 0.3) is 0 Å². The van der Waals surface area contributed by atoms with Crippen molar-refractivity contribution >= 4 is 11.7 Å². The van der Waals surface area contributed by atoms with Crippen LogP contribution in [0.5, 0.6) is 0 Å². The lowest BCUT2D eigenvalue weighted by Crippen LogP contribution is -2.50. The van der Waals surface area contributed by atoms with Gasteiger partial charge in [-0.3, -0.25) is 9.59 Å². The molecule has 0 unspecified atom stereocenters. The van der Waals surface area contributed by atoms with E-state index in [1.54, 1.807) is 0 Å². The normalized spacial score (nSPS) is 41.6. The van der Waals surface area contributed by atoms with E-state index in [1.807, 2.05) is 11.8 Å². The molecule has 2 saturated carbocycles. The number of hydrogen-bond donors (Lipinski definition) is 0. The van der Waals surface area contributed by atoms with Gasteiger partial charge in [-0.1, -0.05) is 39.0 Å². The third-order valence-corrected chi connectivity index (χ3v) is 10.5. The van der Waals surface area contributed by atoms with E-state index in [4.69, 9.17) is 0 Å². The summed E-state index contributed by atoms with van der Waals surface area (Å²) in [5.74, 6) is 3.08. The van der Waals surface area contributed by atoms with Gasteiger partial charge < -0.3 is 4.90 Å². The van der Waals surface area contributed by atoms with Crippen molar-refractivity contribution in [2.75, 3.05) is 6.54 Å². The van der Waals surface area contributed by atoms with Crippen molar-refractivity contribution in [1.29, 1.82) is 0 Å². The molecule has 6 atom stereocenters. The third-order valence-electron chi connectivity index (χ3n) is 10.5. The van der Waals surface area contributed by atoms with Crippen LogP contribution in [0.15, 0.2) is 35.6 Å². The number of allylic oxidation sites excluding steroid dienone is 4. The molecule has 5 rings (SSSR count). The zero-order chi connectivity index (χ0) is 22.7. The molecule has 5 aliphatic rings. The highest BCUT2D eigenvalue weighted by atomic mass is 16.2. The Balaban J connectivity index is 1.40. The van der Waals surface area contributed by atoms with E-state index in [0.717, 1.165) is 69.0 Å². The molecular weight excluding hydrogens is 394 g/mol. The Bertz CT molecular complexity index is 897. The number of hydrogen-bond acceptors (Lipinski definition) is 2. The van der Waals surface area contributed by atoms with Crippen molar-refractivity contribution < 1.29 is 9.59 Å². The fourth-order valence-electron chi connectivity index (χ4n) is 8.66. The minimum absolute atomic E-state index is 0.214. The first kappa shape index (κ1) is 22.2. The van der Waals surface area contributed by atoms with Gasteiger partial charge in [-0.25, -0.2) is 0 Å². The molecule has 1 saturated heterocycles. The quantitative estimate of drug-likeness (QED) is 0.500. The largest absolute Gasteiger partial charge is 0.313 e. The van der Waals surface area contributed by atoms with E-state index in [0.29, 0.717) is 18.1 Å². The summed E-state index contributed by atoms with van der Waals surface area (Å²) >= 11 is 0. The van der Waals surface area contributed by atoms with E-state index >= 15 is 0 Å². The van der Waals surface area contributed by atoms with Crippen molar-refractivity contribution in [3.8, 4) is 0 Å². The molecule has 0 bridgehead atoms. The predicted octanol–water partition coefficient (Wildman–Crippen LogP) is 6.61. The Hall–Kier alpha value is -1.64. The lowest BCUT2D eigenvalue weighted by Gasteiger charge is -2.57. The van der Waals surface area contributed by atoms with Gasteiger partial charge in [-0.05, 0) is 104 Å². The van der Waals surface area contributed by atoms with Crippen molar-refractivity contribution in [3.63, 3.8) is 0 Å². The fraction of sp³-hybridized carbons (Fsp3) is 0.724. The molecule has 174 valence electrons. The molecular formula is C29H41NO2. The fourth-order valence-corrected chi connectivity index (χ4v) is 8.66. The average Bonchev–Trinajstić information content (AvgIpc) is 2.98. The molecule has 1 aliphatic heterocycles. The van der Waals surface area contributed by atoms with E-state index in [-0.39, 0.29) is 22.7 Å². The van der Waals surface area contributed by atoms with Crippen LogP contribution in [0, 0.1) is 34.5 Å². The summed E-state index contributed by atoms with van der Waals surface area (Å²) in [7, 11) is 0. The minimum atomic E-state index is 0.214. The predicted molar refractivity (Wildman–Crippen MR) is 129 cm³/mol. The first-order valence-corrected chi connectivity index (χ1v) is 13.2. The number of Topliss-reactive ketones (excluding diaryl/α,β-unsaturated/α-hetero) is 1.